The molecule has 266 valence electrons. The van der Waals surface area contributed by atoms with Gasteiger partial charge in [-0.15, -0.1) is 11.3 Å². The fraction of sp³-hybridized carbons (Fsp3) is 0.306. The van der Waals surface area contributed by atoms with Gasteiger partial charge in [0.25, 0.3) is 10.0 Å². The molecular weight excluding hydrogens is 703 g/mol. The fourth-order valence-corrected chi connectivity index (χ4v) is 8.99. The lowest BCUT2D eigenvalue weighted by Crippen LogP contribution is -2.47. The van der Waals surface area contributed by atoms with Crippen molar-refractivity contribution in [2.24, 2.45) is 0 Å². The molecule has 5 aromatic rings. The van der Waals surface area contributed by atoms with Gasteiger partial charge < -0.3 is 10.2 Å². The number of hydrogen-bond acceptors (Lipinski definition) is 9. The Balaban J connectivity index is 1.16. The van der Waals surface area contributed by atoms with E-state index in [2.05, 4.69) is 15.0 Å². The van der Waals surface area contributed by atoms with E-state index in [1.807, 2.05) is 9.80 Å². The molecule has 0 bridgehead atoms. The van der Waals surface area contributed by atoms with Crippen molar-refractivity contribution in [3.05, 3.63) is 95.4 Å². The van der Waals surface area contributed by atoms with Crippen molar-refractivity contribution < 1.29 is 26.0 Å². The number of alkyl halides is 1. The van der Waals surface area contributed by atoms with Crippen LogP contribution < -0.4 is 14.9 Å². The van der Waals surface area contributed by atoms with E-state index in [9.17, 15) is 21.6 Å². The predicted molar refractivity (Wildman–Crippen MR) is 191 cm³/mol. The Morgan fingerprint density at radius 1 is 0.843 bits per heavy atom. The molecule has 1 aliphatic carbocycles. The van der Waals surface area contributed by atoms with Crippen LogP contribution in [-0.2, 0) is 10.0 Å². The molecule has 3 heterocycles. The first-order valence-electron chi connectivity index (χ1n) is 16.7. The van der Waals surface area contributed by atoms with E-state index in [4.69, 9.17) is 9.97 Å². The summed E-state index contributed by atoms with van der Waals surface area (Å²) in [5, 5.41) is 4.04. The summed E-state index contributed by atoms with van der Waals surface area (Å²) < 4.78 is 85.2. The maximum absolute atomic E-state index is 15.3. The number of nitrogens with one attached hydrogen (secondary N) is 2. The average Bonchev–Trinajstić information content (AvgIpc) is 3.80. The van der Waals surface area contributed by atoms with Gasteiger partial charge in [-0.2, -0.15) is 0 Å². The number of rotatable bonds is 11. The Morgan fingerprint density at radius 3 is 2.31 bits per heavy atom. The minimum Gasteiger partial charge on any atom is -0.367 e. The summed E-state index contributed by atoms with van der Waals surface area (Å²) >= 11 is 1.51. The fourth-order valence-electron chi connectivity index (χ4n) is 6.58. The van der Waals surface area contributed by atoms with E-state index in [1.54, 1.807) is 42.6 Å². The Kier molecular flexibility index (Phi) is 10.2. The Bertz CT molecular complexity index is 2120. The Labute approximate surface area is 297 Å². The monoisotopic (exact) mass is 737 g/mol. The number of thiazole rings is 1. The molecule has 0 spiro atoms. The van der Waals surface area contributed by atoms with Crippen LogP contribution in [0.15, 0.2) is 77.8 Å². The first kappa shape index (κ1) is 34.8. The quantitative estimate of drug-likeness (QED) is 0.132. The molecule has 15 heteroatoms. The topological polar surface area (TPSA) is 103 Å². The van der Waals surface area contributed by atoms with Crippen LogP contribution in [0.25, 0.3) is 21.8 Å². The number of aromatic nitrogens is 3. The molecule has 1 aliphatic heterocycles. The number of piperazine rings is 1. The highest BCUT2D eigenvalue weighted by molar-refractivity contribution is 7.92. The smallest absolute Gasteiger partial charge is 0.267 e. The lowest BCUT2D eigenvalue weighted by Gasteiger charge is -2.35. The predicted octanol–water partition coefficient (Wildman–Crippen LogP) is 7.98. The van der Waals surface area contributed by atoms with Crippen LogP contribution in [0.4, 0.5) is 40.6 Å². The van der Waals surface area contributed by atoms with Crippen molar-refractivity contribution in [3.63, 3.8) is 0 Å². The molecule has 3 aromatic carbocycles. The molecule has 9 nitrogen and oxygen atoms in total. The van der Waals surface area contributed by atoms with E-state index < -0.39 is 39.0 Å². The molecule has 0 atom stereocenters. The van der Waals surface area contributed by atoms with Crippen LogP contribution in [0.1, 0.15) is 36.6 Å². The van der Waals surface area contributed by atoms with Crippen molar-refractivity contribution in [3.8, 4) is 21.8 Å². The first-order valence-corrected chi connectivity index (χ1v) is 19.0. The molecule has 1 saturated carbocycles. The van der Waals surface area contributed by atoms with Crippen molar-refractivity contribution in [1.29, 1.82) is 0 Å². The molecule has 0 amide bonds. The summed E-state index contributed by atoms with van der Waals surface area (Å²) in [4.78, 5) is 17.8. The lowest BCUT2D eigenvalue weighted by molar-refractivity contribution is 0.235. The van der Waals surface area contributed by atoms with E-state index >= 15 is 4.39 Å². The number of nitrogens with zero attached hydrogens (tertiary/aromatic N) is 5. The highest BCUT2D eigenvalue weighted by Gasteiger charge is 2.27. The molecule has 2 fully saturated rings. The highest BCUT2D eigenvalue weighted by Crippen LogP contribution is 2.43. The standard InChI is InChI=1S/C36H35F4N7O2S2/c37-14-16-46-17-19-47(20-18-46)31-12-11-25(22-29(31)40)42-36-41-15-13-30(43-36)33-32(44-35(50-33)23-5-1-2-6-23)24-7-3-8-26(21-24)45-51(48,49)34-27(38)9-4-10-28(34)39/h3-4,7-13,15,21-23,45H,1-2,5-6,14,16-20H2,(H,41,42,43). The first-order chi connectivity index (χ1) is 24.7. The third kappa shape index (κ3) is 7.70. The average molecular weight is 738 g/mol. The van der Waals surface area contributed by atoms with Gasteiger partial charge in [-0.1, -0.05) is 31.0 Å². The SMILES string of the molecule is O=S(=O)(Nc1cccc(-c2nc(C3CCCC3)sc2-c2ccnc(Nc3ccc(N4CCN(CCF)CC4)c(F)c3)n2)c1)c1c(F)cccc1F. The molecule has 2 aliphatic rings. The normalized spacial score (nSPS) is 15.7. The number of sulfonamides is 1. The van der Waals surface area contributed by atoms with Gasteiger partial charge in [-0.3, -0.25) is 9.62 Å². The molecule has 0 radical (unpaired) electrons. The molecule has 7 rings (SSSR count). The van der Waals surface area contributed by atoms with Crippen LogP contribution in [0.5, 0.6) is 0 Å². The lowest BCUT2D eigenvalue weighted by atomic mass is 10.1. The third-order valence-corrected chi connectivity index (χ3v) is 11.8. The largest absolute Gasteiger partial charge is 0.367 e. The van der Waals surface area contributed by atoms with E-state index in [-0.39, 0.29) is 17.6 Å². The minimum atomic E-state index is -4.59. The maximum atomic E-state index is 15.3. The van der Waals surface area contributed by atoms with Gasteiger partial charge in [0.1, 0.15) is 24.1 Å². The summed E-state index contributed by atoms with van der Waals surface area (Å²) in [7, 11) is -4.59. The zero-order valence-electron chi connectivity index (χ0n) is 27.5. The maximum Gasteiger partial charge on any atom is 0.267 e. The van der Waals surface area contributed by atoms with Crippen LogP contribution in [0.3, 0.4) is 0 Å². The summed E-state index contributed by atoms with van der Waals surface area (Å²) in [5.41, 5.74) is 2.77. The van der Waals surface area contributed by atoms with Crippen LogP contribution in [-0.4, -0.2) is 67.7 Å². The third-order valence-electron chi connectivity index (χ3n) is 9.13. The molecule has 0 unspecified atom stereocenters. The zero-order chi connectivity index (χ0) is 35.5. The van der Waals surface area contributed by atoms with Crippen LogP contribution >= 0.6 is 11.3 Å². The van der Waals surface area contributed by atoms with Crippen LogP contribution in [0, 0.1) is 17.5 Å². The zero-order valence-corrected chi connectivity index (χ0v) is 29.1. The van der Waals surface area contributed by atoms with Gasteiger partial charge in [0.15, 0.2) is 4.90 Å². The summed E-state index contributed by atoms with van der Waals surface area (Å²) in [5.74, 6) is -2.26. The van der Waals surface area contributed by atoms with E-state index in [0.717, 1.165) is 53.8 Å². The molecular formula is C36H35F4N7O2S2. The minimum absolute atomic E-state index is 0.105. The number of benzene rings is 3. The summed E-state index contributed by atoms with van der Waals surface area (Å²) in [6.07, 6.45) is 5.81. The van der Waals surface area contributed by atoms with Gasteiger partial charge in [-0.05, 0) is 61.4 Å². The van der Waals surface area contributed by atoms with Crippen molar-refractivity contribution in [2.75, 3.05) is 54.3 Å². The van der Waals surface area contributed by atoms with Gasteiger partial charge in [0.05, 0.1) is 27.0 Å². The summed E-state index contributed by atoms with van der Waals surface area (Å²) in [6, 6.07) is 16.0. The second-order valence-corrected chi connectivity index (χ2v) is 15.2. The van der Waals surface area contributed by atoms with Gasteiger partial charge >= 0.3 is 0 Å². The molecule has 1 saturated heterocycles. The number of anilines is 4. The molecule has 51 heavy (non-hydrogen) atoms. The highest BCUT2D eigenvalue weighted by atomic mass is 32.2. The summed E-state index contributed by atoms with van der Waals surface area (Å²) in [6.45, 7) is 2.53. The van der Waals surface area contributed by atoms with Gasteiger partial charge in [-0.25, -0.2) is 40.9 Å². The molecule has 2 aromatic heterocycles. The van der Waals surface area contributed by atoms with E-state index in [1.165, 1.54) is 23.5 Å². The number of halogens is 4. The van der Waals surface area contributed by atoms with E-state index in [0.29, 0.717) is 61.0 Å². The van der Waals surface area contributed by atoms with Crippen LogP contribution in [0.2, 0.25) is 0 Å². The van der Waals surface area contributed by atoms with Crippen molar-refractivity contribution in [1.82, 2.24) is 19.9 Å². The van der Waals surface area contributed by atoms with Crippen molar-refractivity contribution >= 4 is 44.4 Å². The second kappa shape index (κ2) is 14.9. The second-order valence-electron chi connectivity index (χ2n) is 12.5. The Hall–Kier alpha value is -4.60. The molecule has 2 N–H and O–H groups in total. The van der Waals surface area contributed by atoms with Crippen molar-refractivity contribution in [2.45, 2.75) is 36.5 Å². The van der Waals surface area contributed by atoms with Gasteiger partial charge in [0.2, 0.25) is 5.95 Å². The number of hydrogen-bond donors (Lipinski definition) is 2. The Morgan fingerprint density at radius 2 is 1.59 bits per heavy atom. The van der Waals surface area contributed by atoms with Gasteiger partial charge in [0, 0.05) is 61.8 Å².